The van der Waals surface area contributed by atoms with Crippen molar-refractivity contribution in [3.63, 3.8) is 0 Å². The highest BCUT2D eigenvalue weighted by atomic mass is 16.2. The lowest BCUT2D eigenvalue weighted by molar-refractivity contribution is 0.0559. The molecule has 2 aliphatic heterocycles. The van der Waals surface area contributed by atoms with Crippen molar-refractivity contribution < 1.29 is 4.79 Å². The number of aryl methyl sites for hydroxylation is 1. The van der Waals surface area contributed by atoms with Gasteiger partial charge in [0.2, 0.25) is 0 Å². The zero-order chi connectivity index (χ0) is 15.5. The maximum Gasteiger partial charge on any atom is 0.254 e. The first-order valence-electron chi connectivity index (χ1n) is 8.74. The summed E-state index contributed by atoms with van der Waals surface area (Å²) in [5.41, 5.74) is 1.95. The molecule has 0 spiro atoms. The third-order valence-corrected chi connectivity index (χ3v) is 5.46. The highest BCUT2D eigenvalue weighted by Crippen LogP contribution is 2.24. The van der Waals surface area contributed by atoms with Crippen LogP contribution in [-0.2, 0) is 0 Å². The minimum absolute atomic E-state index is 0.212. The second-order valence-electron chi connectivity index (χ2n) is 7.06. The topological polar surface area (TPSA) is 23.6 Å². The summed E-state index contributed by atoms with van der Waals surface area (Å²) in [6.07, 6.45) is 4.93. The Kier molecular flexibility index (Phi) is 4.82. The fraction of sp³-hybridized carbons (Fsp3) is 0.632. The molecule has 120 valence electrons. The molecule has 1 aromatic rings. The summed E-state index contributed by atoms with van der Waals surface area (Å²) in [7, 11) is 0. The number of piperidine rings is 2. The number of benzene rings is 1. The molecule has 0 radical (unpaired) electrons. The average molecular weight is 300 g/mol. The Balaban J connectivity index is 1.55. The van der Waals surface area contributed by atoms with Crippen LogP contribution in [0.5, 0.6) is 0 Å². The van der Waals surface area contributed by atoms with Gasteiger partial charge in [0.15, 0.2) is 0 Å². The summed E-state index contributed by atoms with van der Waals surface area (Å²) < 4.78 is 0. The minimum Gasteiger partial charge on any atom is -0.339 e. The van der Waals surface area contributed by atoms with Gasteiger partial charge < -0.3 is 9.80 Å². The number of likely N-dealkylation sites (tertiary alicyclic amines) is 2. The minimum atomic E-state index is 0.212. The number of nitrogens with zero attached hydrogens (tertiary/aromatic N) is 2. The Morgan fingerprint density at radius 1 is 1.00 bits per heavy atom. The Hall–Kier alpha value is -1.35. The third-order valence-electron chi connectivity index (χ3n) is 5.46. The van der Waals surface area contributed by atoms with Crippen LogP contribution in [0, 0.1) is 12.8 Å². The maximum absolute atomic E-state index is 12.7. The monoisotopic (exact) mass is 300 g/mol. The van der Waals surface area contributed by atoms with Crippen LogP contribution in [0.15, 0.2) is 24.3 Å². The zero-order valence-corrected chi connectivity index (χ0v) is 13.9. The van der Waals surface area contributed by atoms with Gasteiger partial charge in [0, 0.05) is 24.7 Å². The van der Waals surface area contributed by atoms with Crippen molar-refractivity contribution in [3.05, 3.63) is 35.4 Å². The number of hydrogen-bond donors (Lipinski definition) is 0. The number of carbonyl (C=O) groups excluding carboxylic acids is 1. The summed E-state index contributed by atoms with van der Waals surface area (Å²) >= 11 is 0. The molecule has 2 saturated heterocycles. The third kappa shape index (κ3) is 3.35. The van der Waals surface area contributed by atoms with E-state index >= 15 is 0 Å². The molecule has 0 atom stereocenters. The van der Waals surface area contributed by atoms with Gasteiger partial charge in [-0.1, -0.05) is 25.1 Å². The summed E-state index contributed by atoms with van der Waals surface area (Å²) in [5.74, 6) is 1.10. The molecule has 0 aromatic heterocycles. The fourth-order valence-electron chi connectivity index (χ4n) is 3.81. The molecule has 1 amide bonds. The van der Waals surface area contributed by atoms with Crippen LogP contribution < -0.4 is 0 Å². The van der Waals surface area contributed by atoms with Crippen LogP contribution >= 0.6 is 0 Å². The van der Waals surface area contributed by atoms with E-state index < -0.39 is 0 Å². The lowest BCUT2D eigenvalue weighted by Gasteiger charge is -2.41. The van der Waals surface area contributed by atoms with Gasteiger partial charge in [0.25, 0.3) is 5.91 Å². The van der Waals surface area contributed by atoms with E-state index in [-0.39, 0.29) is 5.91 Å². The first-order chi connectivity index (χ1) is 10.6. The van der Waals surface area contributed by atoms with Crippen molar-refractivity contribution in [3.8, 4) is 0 Å². The van der Waals surface area contributed by atoms with E-state index in [2.05, 4.69) is 11.8 Å². The van der Waals surface area contributed by atoms with Crippen LogP contribution in [0.2, 0.25) is 0 Å². The van der Waals surface area contributed by atoms with Gasteiger partial charge >= 0.3 is 0 Å². The highest BCUT2D eigenvalue weighted by Gasteiger charge is 2.29. The Bertz CT molecular complexity index is 512. The second-order valence-corrected chi connectivity index (χ2v) is 7.06. The number of amides is 1. The molecule has 0 unspecified atom stereocenters. The number of carbonyl (C=O) groups is 1. The molecule has 2 heterocycles. The molecule has 0 bridgehead atoms. The predicted molar refractivity (Wildman–Crippen MR) is 90.1 cm³/mol. The Morgan fingerprint density at radius 2 is 1.64 bits per heavy atom. The van der Waals surface area contributed by atoms with Crippen molar-refractivity contribution in [1.82, 2.24) is 9.80 Å². The molecule has 0 saturated carbocycles. The molecule has 1 aromatic carbocycles. The van der Waals surface area contributed by atoms with Crippen molar-refractivity contribution in [2.45, 2.75) is 45.6 Å². The SMILES string of the molecule is Cc1ccccc1C(=O)N1CCC(N2CCC(C)CC2)CC1. The summed E-state index contributed by atoms with van der Waals surface area (Å²) in [4.78, 5) is 17.4. The summed E-state index contributed by atoms with van der Waals surface area (Å²) in [6, 6.07) is 8.62. The van der Waals surface area contributed by atoms with E-state index in [1.54, 1.807) is 0 Å². The average Bonchev–Trinajstić information content (AvgIpc) is 2.56. The van der Waals surface area contributed by atoms with E-state index in [4.69, 9.17) is 0 Å². The Morgan fingerprint density at radius 3 is 2.27 bits per heavy atom. The summed E-state index contributed by atoms with van der Waals surface area (Å²) in [6.45, 7) is 8.69. The smallest absolute Gasteiger partial charge is 0.254 e. The number of rotatable bonds is 2. The van der Waals surface area contributed by atoms with Gasteiger partial charge in [-0.2, -0.15) is 0 Å². The summed E-state index contributed by atoms with van der Waals surface area (Å²) in [5, 5.41) is 0. The van der Waals surface area contributed by atoms with Crippen LogP contribution in [0.4, 0.5) is 0 Å². The largest absolute Gasteiger partial charge is 0.339 e. The zero-order valence-electron chi connectivity index (χ0n) is 13.9. The van der Waals surface area contributed by atoms with Gasteiger partial charge in [-0.25, -0.2) is 0 Å². The lowest BCUT2D eigenvalue weighted by Crippen LogP contribution is -2.48. The van der Waals surface area contributed by atoms with E-state index in [9.17, 15) is 4.79 Å². The van der Waals surface area contributed by atoms with Crippen molar-refractivity contribution >= 4 is 5.91 Å². The van der Waals surface area contributed by atoms with E-state index in [1.165, 1.54) is 25.9 Å². The molecule has 0 aliphatic carbocycles. The highest BCUT2D eigenvalue weighted by molar-refractivity contribution is 5.95. The maximum atomic E-state index is 12.7. The van der Waals surface area contributed by atoms with E-state index in [1.807, 2.05) is 36.1 Å². The predicted octanol–water partition coefficient (Wildman–Crippen LogP) is 3.33. The Labute approximate surface area is 134 Å². The van der Waals surface area contributed by atoms with E-state index in [0.29, 0.717) is 6.04 Å². The van der Waals surface area contributed by atoms with Crippen LogP contribution in [-0.4, -0.2) is 47.9 Å². The van der Waals surface area contributed by atoms with E-state index in [0.717, 1.165) is 43.0 Å². The van der Waals surface area contributed by atoms with Crippen LogP contribution in [0.1, 0.15) is 48.5 Å². The quantitative estimate of drug-likeness (QED) is 0.836. The first kappa shape index (κ1) is 15.5. The number of hydrogen-bond acceptors (Lipinski definition) is 2. The molecule has 0 N–H and O–H groups in total. The lowest BCUT2D eigenvalue weighted by atomic mass is 9.94. The molecular weight excluding hydrogens is 272 g/mol. The van der Waals surface area contributed by atoms with Gasteiger partial charge in [-0.15, -0.1) is 0 Å². The molecule has 22 heavy (non-hydrogen) atoms. The van der Waals surface area contributed by atoms with Crippen molar-refractivity contribution in [2.24, 2.45) is 5.92 Å². The normalized spacial score (nSPS) is 22.0. The van der Waals surface area contributed by atoms with Crippen molar-refractivity contribution in [2.75, 3.05) is 26.2 Å². The van der Waals surface area contributed by atoms with Gasteiger partial charge in [-0.3, -0.25) is 4.79 Å². The van der Waals surface area contributed by atoms with Crippen LogP contribution in [0.3, 0.4) is 0 Å². The molecule has 3 nitrogen and oxygen atoms in total. The van der Waals surface area contributed by atoms with Gasteiger partial charge in [-0.05, 0) is 63.2 Å². The molecular formula is C19H28N2O. The molecule has 2 fully saturated rings. The first-order valence-corrected chi connectivity index (χ1v) is 8.74. The van der Waals surface area contributed by atoms with Gasteiger partial charge in [0.1, 0.15) is 0 Å². The second kappa shape index (κ2) is 6.82. The molecule has 3 heteroatoms. The van der Waals surface area contributed by atoms with Crippen molar-refractivity contribution in [1.29, 1.82) is 0 Å². The molecule has 2 aliphatic rings. The molecule has 3 rings (SSSR count). The standard InChI is InChI=1S/C19H28N2O/c1-15-7-11-20(12-8-15)17-9-13-21(14-10-17)19(22)18-6-4-3-5-16(18)2/h3-6,15,17H,7-14H2,1-2H3. The fourth-order valence-corrected chi connectivity index (χ4v) is 3.81. The van der Waals surface area contributed by atoms with Crippen LogP contribution in [0.25, 0.3) is 0 Å². The van der Waals surface area contributed by atoms with Gasteiger partial charge in [0.05, 0.1) is 0 Å².